The molecule has 116 valence electrons. The van der Waals surface area contributed by atoms with Crippen molar-refractivity contribution in [2.24, 2.45) is 5.92 Å². The predicted molar refractivity (Wildman–Crippen MR) is 68.8 cm³/mol. The van der Waals surface area contributed by atoms with Crippen molar-refractivity contribution in [3.8, 4) is 0 Å². The van der Waals surface area contributed by atoms with Gasteiger partial charge in [-0.3, -0.25) is 0 Å². The van der Waals surface area contributed by atoms with Crippen LogP contribution in [0.3, 0.4) is 0 Å². The van der Waals surface area contributed by atoms with Crippen LogP contribution in [0, 0.1) is 11.7 Å². The van der Waals surface area contributed by atoms with Gasteiger partial charge in [0, 0.05) is 11.7 Å². The van der Waals surface area contributed by atoms with Crippen LogP contribution in [0.1, 0.15) is 36.0 Å². The summed E-state index contributed by atoms with van der Waals surface area (Å²) in [6, 6.07) is 3.04. The molecular weight excluding hydrogens is 290 g/mol. The van der Waals surface area contributed by atoms with Crippen LogP contribution >= 0.6 is 0 Å². The zero-order valence-electron chi connectivity index (χ0n) is 11.1. The van der Waals surface area contributed by atoms with Crippen LogP contribution < -0.4 is 5.32 Å². The van der Waals surface area contributed by atoms with E-state index in [1.807, 2.05) is 0 Å². The molecule has 3 nitrogen and oxygen atoms in total. The quantitative estimate of drug-likeness (QED) is 0.828. The van der Waals surface area contributed by atoms with Crippen LogP contribution in [0.5, 0.6) is 0 Å². The topological polar surface area (TPSA) is 49.3 Å². The zero-order valence-corrected chi connectivity index (χ0v) is 11.1. The Morgan fingerprint density at radius 2 is 2.00 bits per heavy atom. The monoisotopic (exact) mass is 305 g/mol. The number of carbonyl (C=O) groups is 1. The van der Waals surface area contributed by atoms with E-state index in [9.17, 15) is 22.4 Å². The third kappa shape index (κ3) is 3.86. The first-order chi connectivity index (χ1) is 9.77. The Bertz CT molecular complexity index is 530. The molecule has 0 spiro atoms. The van der Waals surface area contributed by atoms with Crippen molar-refractivity contribution in [1.29, 1.82) is 0 Å². The van der Waals surface area contributed by atoms with Gasteiger partial charge in [0.25, 0.3) is 0 Å². The van der Waals surface area contributed by atoms with E-state index in [0.29, 0.717) is 18.5 Å². The third-order valence-corrected chi connectivity index (χ3v) is 3.70. The van der Waals surface area contributed by atoms with Crippen LogP contribution in [0.4, 0.5) is 23.2 Å². The number of aromatic carboxylic acids is 1. The number of carboxylic acid groups (broad SMARTS) is 1. The Morgan fingerprint density at radius 1 is 1.29 bits per heavy atom. The van der Waals surface area contributed by atoms with E-state index in [0.717, 1.165) is 12.1 Å². The summed E-state index contributed by atoms with van der Waals surface area (Å²) in [5, 5.41) is 11.7. The van der Waals surface area contributed by atoms with Crippen molar-refractivity contribution in [2.75, 3.05) is 5.32 Å². The molecule has 0 radical (unpaired) electrons. The maximum absolute atomic E-state index is 13.3. The standard InChI is InChI=1S/C14H15F4NO2/c15-12-5-4-10(7-11(12)13(20)21)19-9-3-1-2-8(6-9)14(16,17)18/h4-5,7-9,19H,1-3,6H2,(H,20,21). The van der Waals surface area contributed by atoms with Gasteiger partial charge in [-0.1, -0.05) is 6.42 Å². The molecule has 0 aliphatic heterocycles. The first kappa shape index (κ1) is 15.6. The average Bonchev–Trinajstić information content (AvgIpc) is 2.40. The van der Waals surface area contributed by atoms with Gasteiger partial charge in [-0.2, -0.15) is 13.2 Å². The highest BCUT2D eigenvalue weighted by molar-refractivity contribution is 5.89. The van der Waals surface area contributed by atoms with Gasteiger partial charge in [-0.15, -0.1) is 0 Å². The molecule has 1 aliphatic carbocycles. The summed E-state index contributed by atoms with van der Waals surface area (Å²) >= 11 is 0. The first-order valence-corrected chi connectivity index (χ1v) is 6.63. The van der Waals surface area contributed by atoms with Crippen molar-refractivity contribution in [1.82, 2.24) is 0 Å². The Hall–Kier alpha value is -1.79. The molecule has 0 amide bonds. The Balaban J connectivity index is 2.08. The Kier molecular flexibility index (Phi) is 4.39. The lowest BCUT2D eigenvalue weighted by Crippen LogP contribution is -2.34. The zero-order chi connectivity index (χ0) is 15.6. The summed E-state index contributed by atoms with van der Waals surface area (Å²) < 4.78 is 51.4. The number of rotatable bonds is 3. The molecule has 0 heterocycles. The maximum Gasteiger partial charge on any atom is 0.391 e. The van der Waals surface area contributed by atoms with E-state index in [1.54, 1.807) is 0 Å². The van der Waals surface area contributed by atoms with Gasteiger partial charge in [0.2, 0.25) is 0 Å². The molecule has 1 fully saturated rings. The Labute approximate surface area is 119 Å². The van der Waals surface area contributed by atoms with Crippen LogP contribution in [0.25, 0.3) is 0 Å². The summed E-state index contributed by atoms with van der Waals surface area (Å²) in [4.78, 5) is 10.8. The molecule has 2 N–H and O–H groups in total. The minimum absolute atomic E-state index is 0.0523. The molecule has 2 unspecified atom stereocenters. The SMILES string of the molecule is O=C(O)c1cc(NC2CCCC(C(F)(F)F)C2)ccc1F. The molecule has 0 aromatic heterocycles. The molecule has 1 aromatic carbocycles. The van der Waals surface area contributed by atoms with Gasteiger partial charge >= 0.3 is 12.1 Å². The number of anilines is 1. The fourth-order valence-corrected chi connectivity index (χ4v) is 2.63. The number of halogens is 4. The van der Waals surface area contributed by atoms with Crippen LogP contribution in [0.15, 0.2) is 18.2 Å². The number of nitrogens with one attached hydrogen (secondary N) is 1. The number of hydrogen-bond acceptors (Lipinski definition) is 2. The highest BCUT2D eigenvalue weighted by Crippen LogP contribution is 2.38. The second-order valence-electron chi connectivity index (χ2n) is 5.25. The van der Waals surface area contributed by atoms with Crippen LogP contribution in [0.2, 0.25) is 0 Å². The third-order valence-electron chi connectivity index (χ3n) is 3.70. The summed E-state index contributed by atoms with van der Waals surface area (Å²) in [7, 11) is 0. The minimum atomic E-state index is -4.21. The summed E-state index contributed by atoms with van der Waals surface area (Å²) in [6.07, 6.45) is -3.12. The Morgan fingerprint density at radius 3 is 2.62 bits per heavy atom. The van der Waals surface area contributed by atoms with E-state index in [1.165, 1.54) is 6.07 Å². The molecule has 0 bridgehead atoms. The molecule has 1 aromatic rings. The molecule has 2 rings (SSSR count). The lowest BCUT2D eigenvalue weighted by molar-refractivity contribution is -0.182. The maximum atomic E-state index is 13.3. The number of benzene rings is 1. The molecular formula is C14H15F4NO2. The highest BCUT2D eigenvalue weighted by Gasteiger charge is 2.42. The van der Waals surface area contributed by atoms with Crippen molar-refractivity contribution >= 4 is 11.7 Å². The van der Waals surface area contributed by atoms with Crippen LogP contribution in [-0.4, -0.2) is 23.3 Å². The van der Waals surface area contributed by atoms with E-state index < -0.39 is 35.5 Å². The average molecular weight is 305 g/mol. The fourth-order valence-electron chi connectivity index (χ4n) is 2.63. The summed E-state index contributed by atoms with van der Waals surface area (Å²) in [5.74, 6) is -3.62. The van der Waals surface area contributed by atoms with Gasteiger partial charge in [-0.25, -0.2) is 9.18 Å². The van der Waals surface area contributed by atoms with Crippen molar-refractivity contribution < 1.29 is 27.5 Å². The number of alkyl halides is 3. The van der Waals surface area contributed by atoms with Gasteiger partial charge in [-0.05, 0) is 37.5 Å². The lowest BCUT2D eigenvalue weighted by Gasteiger charge is -2.31. The second kappa shape index (κ2) is 5.91. The molecule has 21 heavy (non-hydrogen) atoms. The molecule has 2 atom stereocenters. The van der Waals surface area contributed by atoms with E-state index in [4.69, 9.17) is 5.11 Å². The highest BCUT2D eigenvalue weighted by atomic mass is 19.4. The van der Waals surface area contributed by atoms with Crippen molar-refractivity contribution in [3.05, 3.63) is 29.6 Å². The molecule has 0 saturated heterocycles. The second-order valence-corrected chi connectivity index (χ2v) is 5.25. The summed E-state index contributed by atoms with van der Waals surface area (Å²) in [5.41, 5.74) is -0.176. The molecule has 1 saturated carbocycles. The predicted octanol–water partition coefficient (Wildman–Crippen LogP) is 4.06. The van der Waals surface area contributed by atoms with Gasteiger partial charge in [0.1, 0.15) is 5.82 Å². The minimum Gasteiger partial charge on any atom is -0.478 e. The van der Waals surface area contributed by atoms with E-state index in [-0.39, 0.29) is 12.8 Å². The fraction of sp³-hybridized carbons (Fsp3) is 0.500. The largest absolute Gasteiger partial charge is 0.478 e. The first-order valence-electron chi connectivity index (χ1n) is 6.63. The lowest BCUT2D eigenvalue weighted by atomic mass is 9.85. The molecule has 1 aliphatic rings. The smallest absolute Gasteiger partial charge is 0.391 e. The van der Waals surface area contributed by atoms with Gasteiger partial charge < -0.3 is 10.4 Å². The van der Waals surface area contributed by atoms with Crippen molar-refractivity contribution in [3.63, 3.8) is 0 Å². The number of carboxylic acids is 1. The van der Waals surface area contributed by atoms with E-state index >= 15 is 0 Å². The normalized spacial score (nSPS) is 22.9. The van der Waals surface area contributed by atoms with Crippen LogP contribution in [-0.2, 0) is 0 Å². The van der Waals surface area contributed by atoms with Crippen molar-refractivity contribution in [2.45, 2.75) is 37.9 Å². The number of hydrogen-bond donors (Lipinski definition) is 2. The van der Waals surface area contributed by atoms with E-state index in [2.05, 4.69) is 5.32 Å². The molecule has 7 heteroatoms. The van der Waals surface area contributed by atoms with Gasteiger partial charge in [0.15, 0.2) is 0 Å². The van der Waals surface area contributed by atoms with Gasteiger partial charge in [0.05, 0.1) is 11.5 Å². The summed E-state index contributed by atoms with van der Waals surface area (Å²) in [6.45, 7) is 0.